The van der Waals surface area contributed by atoms with E-state index in [0.717, 1.165) is 0 Å². The summed E-state index contributed by atoms with van der Waals surface area (Å²) in [4.78, 5) is 36.6. The molecule has 2 N–H and O–H groups in total. The van der Waals surface area contributed by atoms with Crippen LogP contribution in [0.1, 0.15) is 60.8 Å². The first kappa shape index (κ1) is 25.1. The third-order valence-electron chi connectivity index (χ3n) is 9.31. The van der Waals surface area contributed by atoms with Gasteiger partial charge in [0.25, 0.3) is 0 Å². The van der Waals surface area contributed by atoms with E-state index < -0.39 is 64.4 Å². The highest BCUT2D eigenvalue weighted by Gasteiger charge is 2.76. The molecule has 0 aromatic heterocycles. The summed E-state index contributed by atoms with van der Waals surface area (Å²) in [6.07, 6.45) is -0.777. The Morgan fingerprint density at radius 1 is 1.09 bits per heavy atom. The summed E-state index contributed by atoms with van der Waals surface area (Å²) in [6, 6.07) is 0. The van der Waals surface area contributed by atoms with Crippen molar-refractivity contribution in [2.45, 2.75) is 90.5 Å². The van der Waals surface area contributed by atoms with Crippen LogP contribution in [0.25, 0.3) is 0 Å². The van der Waals surface area contributed by atoms with E-state index in [9.17, 15) is 24.6 Å². The number of hydrogen-bond donors (Lipinski definition) is 2. The van der Waals surface area contributed by atoms with Gasteiger partial charge >= 0.3 is 17.9 Å². The van der Waals surface area contributed by atoms with Crippen molar-refractivity contribution in [2.24, 2.45) is 28.6 Å². The third kappa shape index (κ3) is 3.19. The second kappa shape index (κ2) is 7.77. The first-order valence-corrected chi connectivity index (χ1v) is 11.9. The van der Waals surface area contributed by atoms with Gasteiger partial charge in [-0.2, -0.15) is 0 Å². The van der Waals surface area contributed by atoms with E-state index in [1.165, 1.54) is 27.0 Å². The Hall–Kier alpha value is -1.97. The normalized spacial score (nSPS) is 46.9. The van der Waals surface area contributed by atoms with Gasteiger partial charge in [-0.25, -0.2) is 4.79 Å². The molecule has 3 aliphatic carbocycles. The number of aliphatic hydroxyl groups excluding tert-OH is 1. The summed E-state index contributed by atoms with van der Waals surface area (Å²) in [7, 11) is 1.46. The molecule has 0 aromatic carbocycles. The molecule has 3 saturated carbocycles. The molecular formula is C25H36O9. The lowest BCUT2D eigenvalue weighted by molar-refractivity contribution is -0.333. The summed E-state index contributed by atoms with van der Waals surface area (Å²) in [6.45, 7) is 10.1. The minimum absolute atomic E-state index is 0.0502. The monoisotopic (exact) mass is 480 g/mol. The largest absolute Gasteiger partial charge is 0.459 e. The maximum absolute atomic E-state index is 12.4. The second-order valence-electron chi connectivity index (χ2n) is 11.3. The minimum Gasteiger partial charge on any atom is -0.459 e. The Morgan fingerprint density at radius 3 is 2.26 bits per heavy atom. The van der Waals surface area contributed by atoms with E-state index in [4.69, 9.17) is 18.9 Å². The van der Waals surface area contributed by atoms with E-state index in [2.05, 4.69) is 0 Å². The molecular weight excluding hydrogens is 444 g/mol. The fraction of sp³-hybridized carbons (Fsp3) is 0.800. The Labute approximate surface area is 199 Å². The summed E-state index contributed by atoms with van der Waals surface area (Å²) in [5.74, 6) is -4.11. The highest BCUT2D eigenvalue weighted by atomic mass is 16.7. The van der Waals surface area contributed by atoms with Gasteiger partial charge in [0.1, 0.15) is 12.2 Å². The molecule has 34 heavy (non-hydrogen) atoms. The molecule has 190 valence electrons. The van der Waals surface area contributed by atoms with Crippen molar-refractivity contribution in [2.75, 3.05) is 7.11 Å². The molecule has 1 aliphatic heterocycles. The first-order valence-electron chi connectivity index (χ1n) is 11.9. The van der Waals surface area contributed by atoms with Crippen molar-refractivity contribution < 1.29 is 43.5 Å². The van der Waals surface area contributed by atoms with Crippen molar-refractivity contribution in [1.82, 2.24) is 0 Å². The van der Waals surface area contributed by atoms with Crippen molar-refractivity contribution in [3.8, 4) is 0 Å². The van der Waals surface area contributed by atoms with Crippen LogP contribution in [0, 0.1) is 28.6 Å². The number of esters is 3. The molecule has 0 radical (unpaired) electrons. The van der Waals surface area contributed by atoms with Gasteiger partial charge < -0.3 is 29.2 Å². The van der Waals surface area contributed by atoms with Crippen LogP contribution >= 0.6 is 0 Å². The zero-order chi connectivity index (χ0) is 25.4. The predicted molar refractivity (Wildman–Crippen MR) is 118 cm³/mol. The van der Waals surface area contributed by atoms with Crippen LogP contribution in [0.3, 0.4) is 0 Å². The van der Waals surface area contributed by atoms with E-state index >= 15 is 0 Å². The van der Waals surface area contributed by atoms with Gasteiger partial charge in [0, 0.05) is 50.9 Å². The van der Waals surface area contributed by atoms with Gasteiger partial charge in [-0.1, -0.05) is 27.7 Å². The summed E-state index contributed by atoms with van der Waals surface area (Å²) >= 11 is 0. The molecule has 0 spiro atoms. The number of rotatable bonds is 3. The number of methoxy groups -OCH3 is 1. The van der Waals surface area contributed by atoms with Crippen molar-refractivity contribution in [1.29, 1.82) is 0 Å². The number of fused-ring (bicyclic) bond motifs is 4. The van der Waals surface area contributed by atoms with E-state index in [1.807, 2.05) is 27.7 Å². The van der Waals surface area contributed by atoms with Crippen LogP contribution in [0.5, 0.6) is 0 Å². The van der Waals surface area contributed by atoms with Crippen LogP contribution < -0.4 is 0 Å². The fourth-order valence-corrected chi connectivity index (χ4v) is 7.84. The Bertz CT molecular complexity index is 941. The minimum atomic E-state index is -1.49. The first-order chi connectivity index (χ1) is 15.6. The number of carbonyl (C=O) groups excluding carboxylic acids is 3. The molecule has 0 saturated heterocycles. The smallest absolute Gasteiger partial charge is 0.333 e. The lowest BCUT2D eigenvalue weighted by Crippen LogP contribution is -2.77. The van der Waals surface area contributed by atoms with Gasteiger partial charge in [-0.05, 0) is 29.6 Å². The van der Waals surface area contributed by atoms with Crippen LogP contribution in [-0.2, 0) is 33.3 Å². The number of hydrogen-bond acceptors (Lipinski definition) is 9. The van der Waals surface area contributed by atoms with Gasteiger partial charge in [0.15, 0.2) is 0 Å². The third-order valence-corrected chi connectivity index (χ3v) is 9.31. The predicted octanol–water partition coefficient (Wildman–Crippen LogP) is 1.88. The lowest BCUT2D eigenvalue weighted by atomic mass is 9.39. The molecule has 0 amide bonds. The van der Waals surface area contributed by atoms with E-state index in [0.29, 0.717) is 5.57 Å². The molecule has 3 fully saturated rings. The molecule has 4 aliphatic rings. The Balaban J connectivity index is 1.93. The Morgan fingerprint density at radius 2 is 1.71 bits per heavy atom. The summed E-state index contributed by atoms with van der Waals surface area (Å²) < 4.78 is 22.9. The van der Waals surface area contributed by atoms with Crippen LogP contribution in [0.15, 0.2) is 11.6 Å². The van der Waals surface area contributed by atoms with Gasteiger partial charge in [-0.3, -0.25) is 9.59 Å². The standard InChI is InChI=1S/C25H36O9/c1-12-15-8-19(29)34-24(15,31-7)9-16-20(12)17(28)10-25(30)22(4,5)11-18(32-13(2)26)21(23(16,25)6)33-14(3)27/h8,12,16-18,20-21,28,30H,9-11H2,1-7H3/t12-,16+,17+,18+,20+,21+,23+,24-,25-/m1/s1. The van der Waals surface area contributed by atoms with Gasteiger partial charge in [0.2, 0.25) is 5.79 Å². The zero-order valence-corrected chi connectivity index (χ0v) is 20.9. The SMILES string of the molecule is CO[C@@]12C[C@H]3[C@H]([C@H](C)C1=CC(=O)O2)[C@@H](O)C[C@@]1(O)C(C)(C)C[C@H](OC(C)=O)[C@H](OC(C)=O)[C@]31C. The fourth-order valence-electron chi connectivity index (χ4n) is 7.84. The van der Waals surface area contributed by atoms with Crippen LogP contribution in [0.4, 0.5) is 0 Å². The van der Waals surface area contributed by atoms with Gasteiger partial charge in [0.05, 0.1) is 11.7 Å². The molecule has 9 heteroatoms. The summed E-state index contributed by atoms with van der Waals surface area (Å²) in [5.41, 5.74) is -2.80. The van der Waals surface area contributed by atoms with Crippen molar-refractivity contribution in [3.63, 3.8) is 0 Å². The maximum atomic E-state index is 12.4. The van der Waals surface area contributed by atoms with Crippen LogP contribution in [-0.4, -0.2) is 64.9 Å². The topological polar surface area (TPSA) is 129 Å². The van der Waals surface area contributed by atoms with Gasteiger partial charge in [-0.15, -0.1) is 0 Å². The molecule has 9 atom stereocenters. The highest BCUT2D eigenvalue weighted by molar-refractivity contribution is 5.86. The highest BCUT2D eigenvalue weighted by Crippen LogP contribution is 2.69. The second-order valence-corrected chi connectivity index (χ2v) is 11.3. The number of carbonyl (C=O) groups is 3. The molecule has 1 heterocycles. The quantitative estimate of drug-likeness (QED) is 0.459. The molecule has 9 nitrogen and oxygen atoms in total. The van der Waals surface area contributed by atoms with Crippen LogP contribution in [0.2, 0.25) is 0 Å². The van der Waals surface area contributed by atoms with Crippen molar-refractivity contribution >= 4 is 17.9 Å². The van der Waals surface area contributed by atoms with E-state index in [1.54, 1.807) is 0 Å². The molecule has 0 bridgehead atoms. The zero-order valence-electron chi connectivity index (χ0n) is 20.9. The van der Waals surface area contributed by atoms with E-state index in [-0.39, 0.29) is 31.1 Å². The average molecular weight is 481 g/mol. The average Bonchev–Trinajstić information content (AvgIpc) is 3.05. The molecule has 4 rings (SSSR count). The number of aliphatic hydroxyl groups is 2. The molecule has 0 aromatic rings. The maximum Gasteiger partial charge on any atom is 0.333 e. The number of ether oxygens (including phenoxy) is 4. The Kier molecular flexibility index (Phi) is 5.74. The lowest BCUT2D eigenvalue weighted by Gasteiger charge is -2.70. The summed E-state index contributed by atoms with van der Waals surface area (Å²) in [5, 5.41) is 23.8. The van der Waals surface area contributed by atoms with Crippen molar-refractivity contribution in [3.05, 3.63) is 11.6 Å². The molecule has 0 unspecified atom stereocenters.